The van der Waals surface area contributed by atoms with Crippen LogP contribution in [-0.4, -0.2) is 25.8 Å². The van der Waals surface area contributed by atoms with Crippen molar-refractivity contribution < 1.29 is 8.42 Å². The maximum atomic E-state index is 12.9. The molecule has 2 rings (SSSR count). The van der Waals surface area contributed by atoms with Gasteiger partial charge in [0.25, 0.3) is 0 Å². The van der Waals surface area contributed by atoms with Crippen molar-refractivity contribution in [3.05, 3.63) is 28.8 Å². The summed E-state index contributed by atoms with van der Waals surface area (Å²) in [4.78, 5) is 0.422. The molecule has 1 aromatic rings. The lowest BCUT2D eigenvalue weighted by molar-refractivity contribution is 0.261. The minimum atomic E-state index is -3.41. The number of nitrogens with two attached hydrogens (primary N) is 1. The highest BCUT2D eigenvalue weighted by atomic mass is 32.2. The molecule has 1 fully saturated rings. The van der Waals surface area contributed by atoms with Gasteiger partial charge in [-0.2, -0.15) is 4.31 Å². The highest BCUT2D eigenvalue weighted by Gasteiger charge is 2.30. The van der Waals surface area contributed by atoms with E-state index in [1.807, 2.05) is 19.9 Å². The molecule has 1 atom stereocenters. The minimum absolute atomic E-state index is 0.367. The number of benzene rings is 1. The summed E-state index contributed by atoms with van der Waals surface area (Å²) >= 11 is 0. The molecular formula is C16H26N2O2S. The largest absolute Gasteiger partial charge is 0.326 e. The van der Waals surface area contributed by atoms with Gasteiger partial charge in [-0.15, -0.1) is 0 Å². The first-order chi connectivity index (χ1) is 9.90. The van der Waals surface area contributed by atoms with Crippen LogP contribution in [0.25, 0.3) is 0 Å². The first kappa shape index (κ1) is 16.5. The Morgan fingerprint density at radius 3 is 2.62 bits per heavy atom. The maximum Gasteiger partial charge on any atom is 0.243 e. The van der Waals surface area contributed by atoms with Crippen molar-refractivity contribution in [1.82, 2.24) is 4.31 Å². The van der Waals surface area contributed by atoms with Crippen molar-refractivity contribution in [2.24, 2.45) is 11.7 Å². The molecule has 0 radical (unpaired) electrons. The quantitative estimate of drug-likeness (QED) is 0.929. The summed E-state index contributed by atoms with van der Waals surface area (Å²) in [6.45, 7) is 7.60. The van der Waals surface area contributed by atoms with Crippen LogP contribution in [-0.2, 0) is 16.6 Å². The van der Waals surface area contributed by atoms with E-state index in [4.69, 9.17) is 5.73 Å². The number of aryl methyl sites for hydroxylation is 2. The van der Waals surface area contributed by atoms with Gasteiger partial charge in [0.2, 0.25) is 10.0 Å². The number of hydrogen-bond donors (Lipinski definition) is 1. The summed E-state index contributed by atoms with van der Waals surface area (Å²) in [5, 5.41) is 0. The fourth-order valence-electron chi connectivity index (χ4n) is 3.09. The molecule has 0 amide bonds. The predicted molar refractivity (Wildman–Crippen MR) is 85.6 cm³/mol. The number of nitrogens with zero attached hydrogens (tertiary/aromatic N) is 1. The Morgan fingerprint density at radius 1 is 1.29 bits per heavy atom. The van der Waals surface area contributed by atoms with E-state index < -0.39 is 10.0 Å². The molecule has 2 N–H and O–H groups in total. The van der Waals surface area contributed by atoms with Crippen molar-refractivity contribution in [3.63, 3.8) is 0 Å². The molecule has 1 heterocycles. The molecule has 5 heteroatoms. The molecule has 0 bridgehead atoms. The molecule has 1 aliphatic heterocycles. The van der Waals surface area contributed by atoms with Crippen molar-refractivity contribution >= 4 is 10.0 Å². The molecule has 1 aliphatic rings. The van der Waals surface area contributed by atoms with Crippen molar-refractivity contribution in [3.8, 4) is 0 Å². The fourth-order valence-corrected chi connectivity index (χ4v) is 4.90. The fraction of sp³-hybridized carbons (Fsp3) is 0.625. The standard InChI is InChI=1S/C16H26N2O2S/c1-4-14-6-5-7-18(11-14)21(19,20)16-9-15(10-17)12(2)8-13(16)3/h8-9,14H,4-7,10-11,17H2,1-3H3. The Hall–Kier alpha value is -0.910. The van der Waals surface area contributed by atoms with E-state index in [0.29, 0.717) is 30.4 Å². The van der Waals surface area contributed by atoms with E-state index in [-0.39, 0.29) is 0 Å². The van der Waals surface area contributed by atoms with Gasteiger partial charge in [0, 0.05) is 19.6 Å². The van der Waals surface area contributed by atoms with E-state index in [9.17, 15) is 8.42 Å². The van der Waals surface area contributed by atoms with Gasteiger partial charge >= 0.3 is 0 Å². The smallest absolute Gasteiger partial charge is 0.243 e. The van der Waals surface area contributed by atoms with Crippen molar-refractivity contribution in [1.29, 1.82) is 0 Å². The Bertz CT molecular complexity index is 611. The van der Waals surface area contributed by atoms with E-state index in [1.54, 1.807) is 10.4 Å². The summed E-state index contributed by atoms with van der Waals surface area (Å²) in [6.07, 6.45) is 3.11. The number of rotatable bonds is 4. The second-order valence-corrected chi connectivity index (χ2v) is 7.93. The maximum absolute atomic E-state index is 12.9. The van der Waals surface area contributed by atoms with Crippen LogP contribution in [0.15, 0.2) is 17.0 Å². The number of piperidine rings is 1. The van der Waals surface area contributed by atoms with Gasteiger partial charge in [-0.3, -0.25) is 0 Å². The average Bonchev–Trinajstić information content (AvgIpc) is 2.47. The molecule has 4 nitrogen and oxygen atoms in total. The van der Waals surface area contributed by atoms with E-state index in [2.05, 4.69) is 6.92 Å². The van der Waals surface area contributed by atoms with Crippen LogP contribution < -0.4 is 5.73 Å². The molecule has 1 saturated heterocycles. The normalized spacial score (nSPS) is 20.7. The van der Waals surface area contributed by atoms with Crippen molar-refractivity contribution in [2.75, 3.05) is 13.1 Å². The molecule has 0 aliphatic carbocycles. The van der Waals surface area contributed by atoms with Crippen LogP contribution >= 0.6 is 0 Å². The van der Waals surface area contributed by atoms with Gasteiger partial charge in [0.1, 0.15) is 0 Å². The van der Waals surface area contributed by atoms with Crippen LogP contribution in [0.5, 0.6) is 0 Å². The molecule has 0 spiro atoms. The van der Waals surface area contributed by atoms with Crippen LogP contribution in [0.1, 0.15) is 42.9 Å². The molecule has 21 heavy (non-hydrogen) atoms. The van der Waals surface area contributed by atoms with E-state index in [0.717, 1.165) is 36.0 Å². The zero-order chi connectivity index (χ0) is 15.6. The van der Waals surface area contributed by atoms with Crippen LogP contribution in [0.2, 0.25) is 0 Å². The lowest BCUT2D eigenvalue weighted by atomic mass is 9.97. The molecule has 1 unspecified atom stereocenters. The van der Waals surface area contributed by atoms with Crippen LogP contribution in [0.4, 0.5) is 0 Å². The summed E-state index contributed by atoms with van der Waals surface area (Å²) in [7, 11) is -3.41. The van der Waals surface area contributed by atoms with Crippen molar-refractivity contribution in [2.45, 2.75) is 51.5 Å². The Kier molecular flexibility index (Phi) is 5.07. The summed E-state index contributed by atoms with van der Waals surface area (Å²) < 4.78 is 27.5. The summed E-state index contributed by atoms with van der Waals surface area (Å²) in [5.74, 6) is 0.480. The monoisotopic (exact) mass is 310 g/mol. The van der Waals surface area contributed by atoms with E-state index in [1.165, 1.54) is 0 Å². The minimum Gasteiger partial charge on any atom is -0.326 e. The topological polar surface area (TPSA) is 63.4 Å². The third-order valence-electron chi connectivity index (χ3n) is 4.53. The van der Waals surface area contributed by atoms with Gasteiger partial charge in [-0.05, 0) is 55.4 Å². The summed E-state index contributed by atoms with van der Waals surface area (Å²) in [6, 6.07) is 3.69. The highest BCUT2D eigenvalue weighted by Crippen LogP contribution is 2.28. The van der Waals surface area contributed by atoms with Gasteiger partial charge in [0.05, 0.1) is 4.90 Å². The second-order valence-electron chi connectivity index (χ2n) is 6.03. The highest BCUT2D eigenvalue weighted by molar-refractivity contribution is 7.89. The second kappa shape index (κ2) is 6.46. The predicted octanol–water partition coefficient (Wildman–Crippen LogP) is 2.57. The molecule has 1 aromatic carbocycles. The third-order valence-corrected chi connectivity index (χ3v) is 6.54. The molecule has 0 aromatic heterocycles. The first-order valence-corrected chi connectivity index (χ1v) is 9.14. The zero-order valence-corrected chi connectivity index (χ0v) is 14.0. The van der Waals surface area contributed by atoms with Gasteiger partial charge in [-0.1, -0.05) is 19.4 Å². The first-order valence-electron chi connectivity index (χ1n) is 7.70. The van der Waals surface area contributed by atoms with Crippen LogP contribution in [0, 0.1) is 19.8 Å². The SMILES string of the molecule is CCC1CCCN(S(=O)(=O)c2cc(CN)c(C)cc2C)C1. The number of hydrogen-bond acceptors (Lipinski definition) is 3. The molecule has 0 saturated carbocycles. The van der Waals surface area contributed by atoms with Gasteiger partial charge in [-0.25, -0.2) is 8.42 Å². The Labute approximate surface area is 128 Å². The molecule has 118 valence electrons. The lowest BCUT2D eigenvalue weighted by Gasteiger charge is -2.32. The van der Waals surface area contributed by atoms with Gasteiger partial charge in [0.15, 0.2) is 0 Å². The Balaban J connectivity index is 2.39. The van der Waals surface area contributed by atoms with Gasteiger partial charge < -0.3 is 5.73 Å². The molecular weight excluding hydrogens is 284 g/mol. The third kappa shape index (κ3) is 3.30. The average molecular weight is 310 g/mol. The summed E-state index contributed by atoms with van der Waals surface area (Å²) in [5.41, 5.74) is 8.50. The van der Waals surface area contributed by atoms with Crippen LogP contribution in [0.3, 0.4) is 0 Å². The Morgan fingerprint density at radius 2 is 2.00 bits per heavy atom. The lowest BCUT2D eigenvalue weighted by Crippen LogP contribution is -2.40. The zero-order valence-electron chi connectivity index (χ0n) is 13.2. The van der Waals surface area contributed by atoms with E-state index >= 15 is 0 Å². The number of sulfonamides is 1.